The number of amides is 1. The highest BCUT2D eigenvalue weighted by Gasteiger charge is 2.35. The van der Waals surface area contributed by atoms with Crippen LogP contribution in [0.2, 0.25) is 0 Å². The molecule has 1 amide bonds. The molecule has 4 aromatic carbocycles. The zero-order valence-corrected chi connectivity index (χ0v) is 21.1. The lowest BCUT2D eigenvalue weighted by Crippen LogP contribution is -2.30. The highest BCUT2D eigenvalue weighted by atomic mass is 32.3. The summed E-state index contributed by atoms with van der Waals surface area (Å²) in [4.78, 5) is 12.7. The van der Waals surface area contributed by atoms with E-state index in [4.69, 9.17) is 0 Å². The van der Waals surface area contributed by atoms with Gasteiger partial charge in [0.2, 0.25) is 4.90 Å². The Kier molecular flexibility index (Phi) is 8.41. The van der Waals surface area contributed by atoms with Crippen LogP contribution in [-0.2, 0) is 33.8 Å². The molecule has 9 heteroatoms. The van der Waals surface area contributed by atoms with Gasteiger partial charge in [0.05, 0.1) is 12.1 Å². The van der Waals surface area contributed by atoms with Crippen molar-refractivity contribution < 1.29 is 26.7 Å². The van der Waals surface area contributed by atoms with Crippen molar-refractivity contribution in [3.05, 3.63) is 125 Å². The summed E-state index contributed by atoms with van der Waals surface area (Å²) >= 11 is 0. The van der Waals surface area contributed by atoms with E-state index in [-0.39, 0.29) is 17.3 Å². The zero-order valence-electron chi connectivity index (χ0n) is 20.2. The molecule has 0 heterocycles. The van der Waals surface area contributed by atoms with E-state index in [1.165, 1.54) is 6.07 Å². The zero-order chi connectivity index (χ0) is 27.2. The maximum atomic E-state index is 13.1. The molecular formula is C29H26F3N2O3S+. The average Bonchev–Trinajstić information content (AvgIpc) is 2.92. The van der Waals surface area contributed by atoms with Crippen molar-refractivity contribution in [1.29, 1.82) is 0 Å². The molecule has 4 rings (SSSR count). The van der Waals surface area contributed by atoms with Crippen LogP contribution in [0.5, 0.6) is 0 Å². The Morgan fingerprint density at radius 3 is 2.21 bits per heavy atom. The standard InChI is InChI=1S/C29H25F3N2O3S/c30-29(31,32)23-12-8-13-24(19-23)38(36,37)34-20-22-11-4-5-14-25(22)26-15-6-7-16-27(26)28(35)33-18-17-21-9-2-1-3-10-21/h1-16,19H,17-18,20H2,(H2-,33,34,35,36,37)/p+1. The normalized spacial score (nSPS) is 13.1. The number of hydrogen-bond acceptors (Lipinski definition) is 2. The third kappa shape index (κ3) is 6.74. The molecule has 5 nitrogen and oxygen atoms in total. The number of carbonyl (C=O) groups is 1. The second-order valence-corrected chi connectivity index (χ2v) is 10.4. The number of benzene rings is 4. The van der Waals surface area contributed by atoms with Crippen molar-refractivity contribution in [1.82, 2.24) is 10.0 Å². The van der Waals surface area contributed by atoms with Gasteiger partial charge in [0, 0.05) is 18.2 Å². The fraction of sp³-hybridized carbons (Fsp3) is 0.138. The van der Waals surface area contributed by atoms with Gasteiger partial charge in [-0.1, -0.05) is 83.6 Å². The summed E-state index contributed by atoms with van der Waals surface area (Å²) in [7, 11) is -3.98. The summed E-state index contributed by atoms with van der Waals surface area (Å²) in [5.41, 5.74) is 2.43. The van der Waals surface area contributed by atoms with Crippen molar-refractivity contribution >= 4 is 16.3 Å². The Hall–Kier alpha value is -3.79. The van der Waals surface area contributed by atoms with E-state index < -0.39 is 22.1 Å². The number of rotatable bonds is 9. The van der Waals surface area contributed by atoms with Crippen molar-refractivity contribution in [2.75, 3.05) is 6.54 Å². The van der Waals surface area contributed by atoms with Gasteiger partial charge < -0.3 is 5.32 Å². The van der Waals surface area contributed by atoms with Gasteiger partial charge in [-0.25, -0.2) is 0 Å². The van der Waals surface area contributed by atoms with E-state index in [1.807, 2.05) is 30.3 Å². The van der Waals surface area contributed by atoms with E-state index in [0.717, 1.165) is 17.7 Å². The molecule has 0 spiro atoms. The number of halogens is 3. The molecule has 4 aromatic rings. The lowest BCUT2D eigenvalue weighted by molar-refractivity contribution is -0.137. The van der Waals surface area contributed by atoms with Crippen LogP contribution in [0.25, 0.3) is 11.1 Å². The van der Waals surface area contributed by atoms with Crippen molar-refractivity contribution in [3.63, 3.8) is 0 Å². The monoisotopic (exact) mass is 539 g/mol. The first kappa shape index (κ1) is 27.3. The predicted molar refractivity (Wildman–Crippen MR) is 142 cm³/mol. The minimum atomic E-state index is -4.64. The maximum absolute atomic E-state index is 13.1. The molecule has 38 heavy (non-hydrogen) atoms. The summed E-state index contributed by atoms with van der Waals surface area (Å²) in [6.45, 7) is 0.329. The van der Waals surface area contributed by atoms with Crippen LogP contribution in [0.3, 0.4) is 0 Å². The molecule has 0 aliphatic rings. The fourth-order valence-electron chi connectivity index (χ4n) is 4.02. The van der Waals surface area contributed by atoms with Crippen LogP contribution in [0.1, 0.15) is 27.0 Å². The van der Waals surface area contributed by atoms with Gasteiger partial charge in [0.1, 0.15) is 0 Å². The Morgan fingerprint density at radius 1 is 0.816 bits per heavy atom. The van der Waals surface area contributed by atoms with Crippen LogP contribution in [0.4, 0.5) is 13.2 Å². The van der Waals surface area contributed by atoms with E-state index in [9.17, 15) is 26.7 Å². The van der Waals surface area contributed by atoms with Gasteiger partial charge in [-0.3, -0.25) is 4.79 Å². The Balaban J connectivity index is 1.52. The quantitative estimate of drug-likeness (QED) is 0.216. The first-order valence-electron chi connectivity index (χ1n) is 11.8. The van der Waals surface area contributed by atoms with E-state index in [0.29, 0.717) is 41.3 Å². The molecule has 196 valence electrons. The molecule has 0 fully saturated rings. The van der Waals surface area contributed by atoms with Crippen molar-refractivity contribution in [2.24, 2.45) is 0 Å². The van der Waals surface area contributed by atoms with Gasteiger partial charge in [0.25, 0.3) is 5.91 Å². The highest BCUT2D eigenvalue weighted by Crippen LogP contribution is 2.32. The summed E-state index contributed by atoms with van der Waals surface area (Å²) in [6.07, 6.45) is -3.96. The smallest absolute Gasteiger partial charge is 0.352 e. The second-order valence-electron chi connectivity index (χ2n) is 8.57. The highest BCUT2D eigenvalue weighted by molar-refractivity contribution is 7.95. The lowest BCUT2D eigenvalue weighted by atomic mass is 9.95. The largest absolute Gasteiger partial charge is 0.416 e. The SMILES string of the molecule is O=C(NCCc1ccccc1)c1ccccc1-c1ccccc1CN[S+](=O)(O)c1cccc(C(F)(F)F)c1. The Morgan fingerprint density at radius 2 is 1.47 bits per heavy atom. The predicted octanol–water partition coefficient (Wildman–Crippen LogP) is 6.38. The third-order valence-electron chi connectivity index (χ3n) is 5.96. The molecule has 0 aromatic heterocycles. The summed E-state index contributed by atoms with van der Waals surface area (Å²) in [6, 6.07) is 27.6. The molecular weight excluding hydrogens is 513 g/mol. The first-order valence-corrected chi connectivity index (χ1v) is 13.3. The van der Waals surface area contributed by atoms with Crippen LogP contribution in [0.15, 0.2) is 108 Å². The summed E-state index contributed by atoms with van der Waals surface area (Å²) in [5, 5.41) is 2.94. The van der Waals surface area contributed by atoms with Crippen molar-refractivity contribution in [2.45, 2.75) is 24.0 Å². The molecule has 0 saturated carbocycles. The van der Waals surface area contributed by atoms with Crippen LogP contribution >= 0.6 is 0 Å². The van der Waals surface area contributed by atoms with E-state index >= 15 is 0 Å². The van der Waals surface area contributed by atoms with Crippen LogP contribution in [0, 0.1) is 0 Å². The third-order valence-corrected chi connectivity index (χ3v) is 7.39. The fourth-order valence-corrected chi connectivity index (χ4v) is 5.08. The molecule has 1 atom stereocenters. The molecule has 0 aliphatic carbocycles. The molecule has 1 unspecified atom stereocenters. The number of alkyl halides is 3. The number of carbonyl (C=O) groups excluding carboxylic acids is 1. The minimum absolute atomic E-state index is 0.119. The van der Waals surface area contributed by atoms with E-state index in [1.54, 1.807) is 48.5 Å². The lowest BCUT2D eigenvalue weighted by Gasteiger charge is -2.15. The topological polar surface area (TPSA) is 78.4 Å². The first-order chi connectivity index (χ1) is 18.1. The maximum Gasteiger partial charge on any atom is 0.416 e. The van der Waals surface area contributed by atoms with Gasteiger partial charge in [-0.2, -0.15) is 17.7 Å². The molecule has 0 bridgehead atoms. The Labute approximate surface area is 220 Å². The molecule has 0 radical (unpaired) electrons. The van der Waals surface area contributed by atoms with Crippen LogP contribution < -0.4 is 10.0 Å². The Bertz CT molecular complexity index is 1460. The van der Waals surface area contributed by atoms with Crippen molar-refractivity contribution in [3.8, 4) is 11.1 Å². The molecule has 0 aliphatic heterocycles. The van der Waals surface area contributed by atoms with Gasteiger partial charge in [0.15, 0.2) is 0 Å². The second kappa shape index (κ2) is 11.7. The molecule has 3 N–H and O–H groups in total. The van der Waals surface area contributed by atoms with Gasteiger partial charge in [-0.15, -0.1) is 0 Å². The average molecular weight is 540 g/mol. The summed E-state index contributed by atoms with van der Waals surface area (Å²) < 4.78 is 65.2. The molecule has 0 saturated heterocycles. The summed E-state index contributed by atoms with van der Waals surface area (Å²) in [5.74, 6) is -0.255. The van der Waals surface area contributed by atoms with Gasteiger partial charge >= 0.3 is 16.6 Å². The number of hydrogen-bond donors (Lipinski definition) is 3. The van der Waals surface area contributed by atoms with E-state index in [2.05, 4.69) is 10.0 Å². The van der Waals surface area contributed by atoms with Gasteiger partial charge in [-0.05, 0) is 51.1 Å². The minimum Gasteiger partial charge on any atom is -0.352 e. The number of nitrogens with one attached hydrogen (secondary N) is 2. The van der Waals surface area contributed by atoms with Crippen LogP contribution in [-0.4, -0.2) is 17.0 Å².